The van der Waals surface area contributed by atoms with Gasteiger partial charge in [0.1, 0.15) is 6.61 Å². The van der Waals surface area contributed by atoms with Crippen LogP contribution in [0.15, 0.2) is 18.2 Å². The van der Waals surface area contributed by atoms with E-state index in [1.165, 1.54) is 0 Å². The molecule has 2 N–H and O–H groups in total. The minimum absolute atomic E-state index is 0.0322. The highest BCUT2D eigenvalue weighted by Gasteiger charge is 2.03. The molecule has 0 heterocycles. The molecule has 1 rings (SSSR count). The Kier molecular flexibility index (Phi) is 5.25. The maximum Gasteiger partial charge on any atom is 0.224 e. The summed E-state index contributed by atoms with van der Waals surface area (Å²) >= 11 is 0. The molecule has 0 atom stereocenters. The van der Waals surface area contributed by atoms with Crippen LogP contribution >= 0.6 is 0 Å². The first-order valence-electron chi connectivity index (χ1n) is 5.67. The molecule has 17 heavy (non-hydrogen) atoms. The van der Waals surface area contributed by atoms with Gasteiger partial charge in [0.2, 0.25) is 5.91 Å². The van der Waals surface area contributed by atoms with Crippen molar-refractivity contribution >= 4 is 11.6 Å². The molecule has 0 fully saturated rings. The van der Waals surface area contributed by atoms with E-state index in [-0.39, 0.29) is 12.5 Å². The van der Waals surface area contributed by atoms with Crippen molar-refractivity contribution in [3.05, 3.63) is 29.3 Å². The SMILES string of the molecule is CCCC(=O)Nc1ccc(C#CCO)cc1C. The molecule has 0 unspecified atom stereocenters. The molecule has 0 spiro atoms. The Bertz CT molecular complexity index is 455. The van der Waals surface area contributed by atoms with Crippen molar-refractivity contribution in [1.29, 1.82) is 0 Å². The minimum atomic E-state index is -0.145. The van der Waals surface area contributed by atoms with Gasteiger partial charge in [-0.05, 0) is 37.1 Å². The number of hydrogen-bond donors (Lipinski definition) is 2. The third-order valence-electron chi connectivity index (χ3n) is 2.29. The van der Waals surface area contributed by atoms with Crippen LogP contribution in [0.1, 0.15) is 30.9 Å². The van der Waals surface area contributed by atoms with Crippen LogP contribution in [0.5, 0.6) is 0 Å². The number of benzene rings is 1. The predicted molar refractivity (Wildman–Crippen MR) is 68.7 cm³/mol. The second kappa shape index (κ2) is 6.72. The van der Waals surface area contributed by atoms with E-state index >= 15 is 0 Å². The van der Waals surface area contributed by atoms with Crippen LogP contribution in [0, 0.1) is 18.8 Å². The standard InChI is InChI=1S/C14H17NO2/c1-3-5-14(17)15-13-8-7-12(6-4-9-16)10-11(13)2/h7-8,10,16H,3,5,9H2,1-2H3,(H,15,17). The van der Waals surface area contributed by atoms with E-state index in [0.717, 1.165) is 23.2 Å². The normalized spacial score (nSPS) is 9.35. The molecule has 0 aliphatic heterocycles. The van der Waals surface area contributed by atoms with Gasteiger partial charge >= 0.3 is 0 Å². The van der Waals surface area contributed by atoms with E-state index < -0.39 is 0 Å². The summed E-state index contributed by atoms with van der Waals surface area (Å²) in [5.74, 6) is 5.45. The second-order valence-electron chi connectivity index (χ2n) is 3.79. The van der Waals surface area contributed by atoms with Crippen LogP contribution in [0.2, 0.25) is 0 Å². The number of amides is 1. The molecule has 0 radical (unpaired) electrons. The van der Waals surface area contributed by atoms with Gasteiger partial charge in [-0.2, -0.15) is 0 Å². The molecule has 1 amide bonds. The lowest BCUT2D eigenvalue weighted by atomic mass is 10.1. The number of carbonyl (C=O) groups is 1. The Hall–Kier alpha value is -1.79. The lowest BCUT2D eigenvalue weighted by Crippen LogP contribution is -2.11. The monoisotopic (exact) mass is 231 g/mol. The molecule has 3 heteroatoms. The van der Waals surface area contributed by atoms with Crippen LogP contribution < -0.4 is 5.32 Å². The third-order valence-corrected chi connectivity index (χ3v) is 2.29. The van der Waals surface area contributed by atoms with Crippen LogP contribution in [-0.2, 0) is 4.79 Å². The first-order valence-corrected chi connectivity index (χ1v) is 5.67. The summed E-state index contributed by atoms with van der Waals surface area (Å²) in [5.41, 5.74) is 2.63. The van der Waals surface area contributed by atoms with Crippen molar-refractivity contribution in [3.63, 3.8) is 0 Å². The second-order valence-corrected chi connectivity index (χ2v) is 3.79. The summed E-state index contributed by atoms with van der Waals surface area (Å²) in [6.45, 7) is 3.75. The van der Waals surface area contributed by atoms with Gasteiger partial charge in [0.05, 0.1) is 0 Å². The molecule has 0 saturated carbocycles. The molecule has 0 aliphatic carbocycles. The van der Waals surface area contributed by atoms with Crippen molar-refractivity contribution < 1.29 is 9.90 Å². The fraction of sp³-hybridized carbons (Fsp3) is 0.357. The van der Waals surface area contributed by atoms with E-state index in [2.05, 4.69) is 17.2 Å². The molecular formula is C14H17NO2. The molecule has 3 nitrogen and oxygen atoms in total. The summed E-state index contributed by atoms with van der Waals surface area (Å²) in [4.78, 5) is 11.4. The van der Waals surface area contributed by atoms with Gasteiger partial charge in [-0.1, -0.05) is 18.8 Å². The topological polar surface area (TPSA) is 49.3 Å². The first-order chi connectivity index (χ1) is 8.17. The Labute approximate surface area is 102 Å². The maximum atomic E-state index is 11.4. The highest BCUT2D eigenvalue weighted by Crippen LogP contribution is 2.16. The summed E-state index contributed by atoms with van der Waals surface area (Å²) in [7, 11) is 0. The van der Waals surface area contributed by atoms with Gasteiger partial charge in [-0.25, -0.2) is 0 Å². The Balaban J connectivity index is 2.79. The average molecular weight is 231 g/mol. The van der Waals surface area contributed by atoms with Gasteiger partial charge in [0.25, 0.3) is 0 Å². The summed E-state index contributed by atoms with van der Waals surface area (Å²) in [6.07, 6.45) is 1.37. The zero-order valence-electron chi connectivity index (χ0n) is 10.2. The summed E-state index contributed by atoms with van der Waals surface area (Å²) in [6, 6.07) is 5.56. The predicted octanol–water partition coefficient (Wildman–Crippen LogP) is 2.08. The van der Waals surface area contributed by atoms with E-state index in [4.69, 9.17) is 5.11 Å². The smallest absolute Gasteiger partial charge is 0.224 e. The van der Waals surface area contributed by atoms with Gasteiger partial charge in [0.15, 0.2) is 0 Å². The molecular weight excluding hydrogens is 214 g/mol. The molecule has 0 bridgehead atoms. The van der Waals surface area contributed by atoms with Crippen molar-refractivity contribution in [2.24, 2.45) is 0 Å². The molecule has 1 aromatic rings. The molecule has 0 aromatic heterocycles. The number of nitrogens with one attached hydrogen (secondary N) is 1. The summed E-state index contributed by atoms with van der Waals surface area (Å²) in [5, 5.41) is 11.5. The van der Waals surface area contributed by atoms with Crippen LogP contribution in [-0.4, -0.2) is 17.6 Å². The van der Waals surface area contributed by atoms with E-state index in [0.29, 0.717) is 6.42 Å². The van der Waals surface area contributed by atoms with Crippen molar-refractivity contribution in [2.75, 3.05) is 11.9 Å². The Morgan fingerprint density at radius 1 is 1.47 bits per heavy atom. The van der Waals surface area contributed by atoms with Crippen LogP contribution in [0.3, 0.4) is 0 Å². The zero-order valence-corrected chi connectivity index (χ0v) is 10.2. The number of rotatable bonds is 3. The number of hydrogen-bond acceptors (Lipinski definition) is 2. The zero-order chi connectivity index (χ0) is 12.7. The van der Waals surface area contributed by atoms with Gasteiger partial charge in [-0.3, -0.25) is 4.79 Å². The number of anilines is 1. The number of aryl methyl sites for hydroxylation is 1. The fourth-order valence-electron chi connectivity index (χ4n) is 1.46. The highest BCUT2D eigenvalue weighted by molar-refractivity contribution is 5.91. The third kappa shape index (κ3) is 4.29. The van der Waals surface area contributed by atoms with Crippen LogP contribution in [0.25, 0.3) is 0 Å². The first kappa shape index (κ1) is 13.3. The summed E-state index contributed by atoms with van der Waals surface area (Å²) < 4.78 is 0. The van der Waals surface area contributed by atoms with Gasteiger partial charge in [0, 0.05) is 17.7 Å². The van der Waals surface area contributed by atoms with Gasteiger partial charge in [-0.15, -0.1) is 0 Å². The number of carbonyl (C=O) groups excluding carboxylic acids is 1. The maximum absolute atomic E-state index is 11.4. The van der Waals surface area contributed by atoms with E-state index in [1.807, 2.05) is 32.0 Å². The lowest BCUT2D eigenvalue weighted by Gasteiger charge is -2.08. The number of aliphatic hydroxyl groups excluding tert-OH is 1. The lowest BCUT2D eigenvalue weighted by molar-refractivity contribution is -0.116. The largest absolute Gasteiger partial charge is 0.384 e. The van der Waals surface area contributed by atoms with Crippen molar-refractivity contribution in [2.45, 2.75) is 26.7 Å². The Morgan fingerprint density at radius 2 is 2.24 bits per heavy atom. The Morgan fingerprint density at radius 3 is 2.82 bits per heavy atom. The average Bonchev–Trinajstić information content (AvgIpc) is 2.30. The van der Waals surface area contributed by atoms with Crippen molar-refractivity contribution in [3.8, 4) is 11.8 Å². The van der Waals surface area contributed by atoms with E-state index in [1.54, 1.807) is 0 Å². The molecule has 0 aliphatic rings. The molecule has 0 saturated heterocycles. The minimum Gasteiger partial charge on any atom is -0.384 e. The fourth-order valence-corrected chi connectivity index (χ4v) is 1.46. The van der Waals surface area contributed by atoms with E-state index in [9.17, 15) is 4.79 Å². The highest BCUT2D eigenvalue weighted by atomic mass is 16.2. The molecule has 90 valence electrons. The quantitative estimate of drug-likeness (QED) is 0.782. The number of aliphatic hydroxyl groups is 1. The van der Waals surface area contributed by atoms with Crippen LogP contribution in [0.4, 0.5) is 5.69 Å². The van der Waals surface area contributed by atoms with Gasteiger partial charge < -0.3 is 10.4 Å². The molecule has 1 aromatic carbocycles. The van der Waals surface area contributed by atoms with Crippen molar-refractivity contribution in [1.82, 2.24) is 0 Å².